The van der Waals surface area contributed by atoms with Crippen molar-refractivity contribution >= 4 is 23.6 Å². The first kappa shape index (κ1) is 15.9. The quantitative estimate of drug-likeness (QED) is 0.929. The number of aliphatic carboxylic acids is 1. The molecule has 2 atom stereocenters. The first-order chi connectivity index (χ1) is 10.0. The maximum Gasteiger partial charge on any atom is 0.326 e. The zero-order valence-corrected chi connectivity index (χ0v) is 13.2. The summed E-state index contributed by atoms with van der Waals surface area (Å²) in [6.45, 7) is 2.56. The van der Waals surface area contributed by atoms with Crippen molar-refractivity contribution < 1.29 is 14.7 Å². The Morgan fingerprint density at radius 1 is 1.43 bits per heavy atom. The third-order valence-electron chi connectivity index (χ3n) is 3.90. The van der Waals surface area contributed by atoms with Gasteiger partial charge < -0.3 is 10.0 Å². The van der Waals surface area contributed by atoms with Crippen molar-refractivity contribution in [3.63, 3.8) is 0 Å². The minimum absolute atomic E-state index is 0.169. The summed E-state index contributed by atoms with van der Waals surface area (Å²) in [7, 11) is 0. The summed E-state index contributed by atoms with van der Waals surface area (Å²) in [5.41, 5.74) is 1.67. The molecule has 1 N–H and O–H groups in total. The Morgan fingerprint density at radius 3 is 2.86 bits per heavy atom. The van der Waals surface area contributed by atoms with Gasteiger partial charge in [-0.05, 0) is 42.7 Å². The fraction of sp³-hybridized carbons (Fsp3) is 0.500. The Labute approximate surface area is 129 Å². The van der Waals surface area contributed by atoms with Crippen molar-refractivity contribution in [3.05, 3.63) is 35.4 Å². The van der Waals surface area contributed by atoms with Crippen LogP contribution in [0.2, 0.25) is 0 Å². The number of carboxylic acids is 1. The van der Waals surface area contributed by atoms with Crippen LogP contribution in [-0.2, 0) is 10.5 Å². The molecule has 0 saturated carbocycles. The molecule has 0 aromatic heterocycles. The molecule has 1 saturated heterocycles. The monoisotopic (exact) mass is 307 g/mol. The number of nitrogens with zero attached hydrogens (tertiary/aromatic N) is 1. The smallest absolute Gasteiger partial charge is 0.326 e. The van der Waals surface area contributed by atoms with E-state index >= 15 is 0 Å². The lowest BCUT2D eigenvalue weighted by Crippen LogP contribution is -2.49. The van der Waals surface area contributed by atoms with Gasteiger partial charge in [-0.2, -0.15) is 11.8 Å². The van der Waals surface area contributed by atoms with E-state index in [1.165, 1.54) is 4.90 Å². The molecule has 5 heteroatoms. The number of carbonyl (C=O) groups excluding carboxylic acids is 1. The van der Waals surface area contributed by atoms with Crippen LogP contribution in [0, 0.1) is 5.92 Å². The second-order valence-electron chi connectivity index (χ2n) is 5.62. The van der Waals surface area contributed by atoms with Crippen molar-refractivity contribution in [1.29, 1.82) is 0 Å². The van der Waals surface area contributed by atoms with E-state index in [4.69, 9.17) is 0 Å². The predicted octanol–water partition coefficient (Wildman–Crippen LogP) is 2.87. The van der Waals surface area contributed by atoms with Crippen LogP contribution in [0.5, 0.6) is 0 Å². The van der Waals surface area contributed by atoms with E-state index in [0.717, 1.165) is 17.7 Å². The van der Waals surface area contributed by atoms with E-state index in [0.29, 0.717) is 24.4 Å². The van der Waals surface area contributed by atoms with Gasteiger partial charge in [0, 0.05) is 17.9 Å². The van der Waals surface area contributed by atoms with Crippen LogP contribution in [0.3, 0.4) is 0 Å². The Morgan fingerprint density at radius 2 is 2.19 bits per heavy atom. The number of rotatable bonds is 4. The molecule has 1 amide bonds. The Kier molecular flexibility index (Phi) is 5.28. The highest BCUT2D eigenvalue weighted by atomic mass is 32.2. The summed E-state index contributed by atoms with van der Waals surface area (Å²) < 4.78 is 0. The van der Waals surface area contributed by atoms with Gasteiger partial charge in [0.1, 0.15) is 6.04 Å². The zero-order valence-electron chi connectivity index (χ0n) is 12.4. The van der Waals surface area contributed by atoms with E-state index < -0.39 is 12.0 Å². The van der Waals surface area contributed by atoms with Gasteiger partial charge in [0.15, 0.2) is 0 Å². The molecule has 0 aliphatic carbocycles. The molecule has 1 aliphatic heterocycles. The van der Waals surface area contributed by atoms with E-state index in [2.05, 4.69) is 0 Å². The van der Waals surface area contributed by atoms with E-state index in [-0.39, 0.29) is 5.91 Å². The van der Waals surface area contributed by atoms with Gasteiger partial charge >= 0.3 is 5.97 Å². The first-order valence-corrected chi connectivity index (χ1v) is 8.54. The molecule has 21 heavy (non-hydrogen) atoms. The molecule has 1 aromatic carbocycles. The predicted molar refractivity (Wildman–Crippen MR) is 84.5 cm³/mol. The Bertz CT molecular complexity index is 532. The molecule has 0 radical (unpaired) electrons. The van der Waals surface area contributed by atoms with Crippen LogP contribution in [0.4, 0.5) is 0 Å². The van der Waals surface area contributed by atoms with Gasteiger partial charge in [-0.25, -0.2) is 4.79 Å². The molecular weight excluding hydrogens is 286 g/mol. The minimum Gasteiger partial charge on any atom is -0.480 e. The molecule has 1 aromatic rings. The highest BCUT2D eigenvalue weighted by molar-refractivity contribution is 7.97. The zero-order chi connectivity index (χ0) is 15.4. The number of hydrogen-bond donors (Lipinski definition) is 1. The molecule has 114 valence electrons. The van der Waals surface area contributed by atoms with Gasteiger partial charge in [-0.15, -0.1) is 0 Å². The maximum absolute atomic E-state index is 12.6. The number of benzene rings is 1. The van der Waals surface area contributed by atoms with E-state index in [9.17, 15) is 14.7 Å². The number of amides is 1. The fourth-order valence-electron chi connectivity index (χ4n) is 2.75. The summed E-state index contributed by atoms with van der Waals surface area (Å²) in [4.78, 5) is 25.6. The summed E-state index contributed by atoms with van der Waals surface area (Å²) in [6.07, 6.45) is 3.41. The van der Waals surface area contributed by atoms with Crippen molar-refractivity contribution in [2.24, 2.45) is 5.92 Å². The molecule has 0 bridgehead atoms. The molecule has 2 unspecified atom stereocenters. The summed E-state index contributed by atoms with van der Waals surface area (Å²) >= 11 is 1.70. The second-order valence-corrected chi connectivity index (χ2v) is 6.48. The first-order valence-electron chi connectivity index (χ1n) is 7.14. The normalized spacial score (nSPS) is 22.1. The molecule has 1 heterocycles. The number of hydrogen-bond acceptors (Lipinski definition) is 3. The number of carbonyl (C=O) groups is 2. The second kappa shape index (κ2) is 6.98. The van der Waals surface area contributed by atoms with Gasteiger partial charge in [-0.3, -0.25) is 4.79 Å². The van der Waals surface area contributed by atoms with Crippen LogP contribution < -0.4 is 0 Å². The van der Waals surface area contributed by atoms with E-state index in [1.807, 2.05) is 31.4 Å². The number of likely N-dealkylation sites (tertiary alicyclic amines) is 1. The third kappa shape index (κ3) is 3.79. The molecule has 4 nitrogen and oxygen atoms in total. The van der Waals surface area contributed by atoms with Gasteiger partial charge in [0.25, 0.3) is 5.91 Å². The largest absolute Gasteiger partial charge is 0.480 e. The fourth-order valence-corrected chi connectivity index (χ4v) is 3.26. The Balaban J connectivity index is 2.21. The van der Waals surface area contributed by atoms with Crippen molar-refractivity contribution in [2.75, 3.05) is 12.8 Å². The van der Waals surface area contributed by atoms with Crippen LogP contribution in [0.25, 0.3) is 0 Å². The Hall–Kier alpha value is -1.49. The lowest BCUT2D eigenvalue weighted by atomic mass is 9.92. The molecule has 2 rings (SSSR count). The number of carboxylic acid groups (broad SMARTS) is 1. The lowest BCUT2D eigenvalue weighted by Gasteiger charge is -2.36. The van der Waals surface area contributed by atoms with Crippen molar-refractivity contribution in [1.82, 2.24) is 4.90 Å². The van der Waals surface area contributed by atoms with Crippen LogP contribution in [-0.4, -0.2) is 40.7 Å². The average molecular weight is 307 g/mol. The van der Waals surface area contributed by atoms with Crippen LogP contribution in [0.15, 0.2) is 24.3 Å². The highest BCUT2D eigenvalue weighted by Gasteiger charge is 2.35. The standard InChI is InChI=1S/C16H21NO3S/c1-11-6-7-17(14(8-11)16(19)20)15(18)13-5-3-4-12(9-13)10-21-2/h3-5,9,11,14H,6-8,10H2,1-2H3,(H,19,20). The van der Waals surface area contributed by atoms with Gasteiger partial charge in [0.05, 0.1) is 0 Å². The molecule has 0 spiro atoms. The summed E-state index contributed by atoms with van der Waals surface area (Å²) in [5.74, 6) is 0.117. The van der Waals surface area contributed by atoms with Crippen LogP contribution in [0.1, 0.15) is 35.7 Å². The lowest BCUT2D eigenvalue weighted by molar-refractivity contribution is -0.144. The molecule has 1 aliphatic rings. The van der Waals surface area contributed by atoms with Crippen LogP contribution >= 0.6 is 11.8 Å². The number of thioether (sulfide) groups is 1. The molecular formula is C16H21NO3S. The van der Waals surface area contributed by atoms with Gasteiger partial charge in [0.2, 0.25) is 0 Å². The third-order valence-corrected chi connectivity index (χ3v) is 4.52. The number of piperidine rings is 1. The van der Waals surface area contributed by atoms with E-state index in [1.54, 1.807) is 17.8 Å². The SMILES string of the molecule is CSCc1cccc(C(=O)N2CCC(C)CC2C(=O)O)c1. The van der Waals surface area contributed by atoms with Crippen molar-refractivity contribution in [3.8, 4) is 0 Å². The van der Waals surface area contributed by atoms with Crippen molar-refractivity contribution in [2.45, 2.75) is 31.6 Å². The average Bonchev–Trinajstić information content (AvgIpc) is 2.47. The minimum atomic E-state index is -0.907. The summed E-state index contributed by atoms with van der Waals surface area (Å²) in [6, 6.07) is 6.78. The topological polar surface area (TPSA) is 57.6 Å². The maximum atomic E-state index is 12.6. The van der Waals surface area contributed by atoms with Gasteiger partial charge in [-0.1, -0.05) is 19.1 Å². The summed E-state index contributed by atoms with van der Waals surface area (Å²) in [5, 5.41) is 9.36. The highest BCUT2D eigenvalue weighted by Crippen LogP contribution is 2.25. The molecule has 1 fully saturated rings.